The number of carbonyl (C=O) groups excluding carboxylic acids is 1. The molecular weight excluding hydrogens is 168 g/mol. The first-order chi connectivity index (χ1) is 6.20. The molecular formula is C9H18N2O2. The predicted octanol–water partition coefficient (Wildman–Crippen LogP) is -0.421. The molecule has 0 unspecified atom stereocenters. The number of amides is 1. The number of carbonyl (C=O) groups is 1. The number of aliphatic hydroxyl groups is 1. The molecule has 4 heteroatoms. The molecule has 0 bridgehead atoms. The summed E-state index contributed by atoms with van der Waals surface area (Å²) in [4.78, 5) is 13.3. The Morgan fingerprint density at radius 3 is 2.69 bits per heavy atom. The lowest BCUT2D eigenvalue weighted by atomic mass is 10.2. The van der Waals surface area contributed by atoms with Gasteiger partial charge in [0.1, 0.15) is 0 Å². The van der Waals surface area contributed by atoms with Crippen molar-refractivity contribution in [3.05, 3.63) is 0 Å². The van der Waals surface area contributed by atoms with Crippen molar-refractivity contribution < 1.29 is 9.90 Å². The Bertz CT molecular complexity index is 165. The van der Waals surface area contributed by atoms with Crippen LogP contribution in [-0.2, 0) is 4.79 Å². The first-order valence-corrected chi connectivity index (χ1v) is 4.86. The Kier molecular flexibility index (Phi) is 4.18. The van der Waals surface area contributed by atoms with Crippen molar-refractivity contribution in [2.24, 2.45) is 0 Å². The Morgan fingerprint density at radius 1 is 1.54 bits per heavy atom. The summed E-state index contributed by atoms with van der Waals surface area (Å²) in [5, 5.41) is 12.2. The van der Waals surface area contributed by atoms with Gasteiger partial charge in [0, 0.05) is 32.6 Å². The average Bonchev–Trinajstić information content (AvgIpc) is 2.15. The van der Waals surface area contributed by atoms with Gasteiger partial charge in [0.2, 0.25) is 5.91 Å². The van der Waals surface area contributed by atoms with Crippen molar-refractivity contribution in [1.29, 1.82) is 0 Å². The van der Waals surface area contributed by atoms with Crippen molar-refractivity contribution in [1.82, 2.24) is 10.2 Å². The molecule has 1 fully saturated rings. The van der Waals surface area contributed by atoms with Gasteiger partial charge in [0.15, 0.2) is 0 Å². The van der Waals surface area contributed by atoms with Crippen LogP contribution in [0.3, 0.4) is 0 Å². The van der Waals surface area contributed by atoms with Crippen LogP contribution in [-0.4, -0.2) is 48.2 Å². The molecule has 1 aliphatic rings. The van der Waals surface area contributed by atoms with Crippen molar-refractivity contribution in [2.75, 3.05) is 26.2 Å². The van der Waals surface area contributed by atoms with Crippen molar-refractivity contribution in [3.63, 3.8) is 0 Å². The summed E-state index contributed by atoms with van der Waals surface area (Å²) in [6.07, 6.45) is 0.673. The zero-order chi connectivity index (χ0) is 9.68. The maximum absolute atomic E-state index is 11.5. The van der Waals surface area contributed by atoms with Gasteiger partial charge in [-0.3, -0.25) is 4.79 Å². The molecule has 0 radical (unpaired) electrons. The second kappa shape index (κ2) is 5.19. The fraction of sp³-hybridized carbons (Fsp3) is 0.889. The summed E-state index contributed by atoms with van der Waals surface area (Å²) in [5.74, 6) is 0.169. The highest BCUT2D eigenvalue weighted by molar-refractivity contribution is 5.76. The number of hydrogen-bond donors (Lipinski definition) is 2. The highest BCUT2D eigenvalue weighted by Crippen LogP contribution is 2.02. The normalized spacial score (nSPS) is 20.0. The molecule has 13 heavy (non-hydrogen) atoms. The van der Waals surface area contributed by atoms with Crippen LogP contribution in [0.2, 0.25) is 0 Å². The summed E-state index contributed by atoms with van der Waals surface area (Å²) < 4.78 is 0. The molecule has 0 spiro atoms. The summed E-state index contributed by atoms with van der Waals surface area (Å²) in [6.45, 7) is 5.10. The monoisotopic (exact) mass is 186 g/mol. The van der Waals surface area contributed by atoms with Crippen LogP contribution in [0.1, 0.15) is 19.8 Å². The van der Waals surface area contributed by atoms with E-state index < -0.39 is 0 Å². The van der Waals surface area contributed by atoms with E-state index in [0.717, 1.165) is 26.2 Å². The lowest BCUT2D eigenvalue weighted by molar-refractivity contribution is -0.132. The molecule has 0 saturated carbocycles. The zero-order valence-corrected chi connectivity index (χ0v) is 8.12. The quantitative estimate of drug-likeness (QED) is 0.629. The number of nitrogens with zero attached hydrogens (tertiary/aromatic N) is 1. The van der Waals surface area contributed by atoms with Crippen LogP contribution in [0.5, 0.6) is 0 Å². The van der Waals surface area contributed by atoms with Crippen molar-refractivity contribution >= 4 is 5.91 Å². The van der Waals surface area contributed by atoms with Crippen molar-refractivity contribution in [3.8, 4) is 0 Å². The van der Waals surface area contributed by atoms with Crippen LogP contribution in [0.15, 0.2) is 0 Å². The van der Waals surface area contributed by atoms with Gasteiger partial charge < -0.3 is 15.3 Å². The predicted molar refractivity (Wildman–Crippen MR) is 50.4 cm³/mol. The average molecular weight is 186 g/mol. The lowest BCUT2D eigenvalue weighted by Gasteiger charge is -2.27. The largest absolute Gasteiger partial charge is 0.393 e. The van der Waals surface area contributed by atoms with Crippen LogP contribution < -0.4 is 5.32 Å². The maximum Gasteiger partial charge on any atom is 0.222 e. The van der Waals surface area contributed by atoms with Crippen LogP contribution in [0.4, 0.5) is 0 Å². The summed E-state index contributed by atoms with van der Waals surface area (Å²) in [5.41, 5.74) is 0. The fourth-order valence-electron chi connectivity index (χ4n) is 1.40. The molecule has 0 aromatic rings. The molecule has 1 heterocycles. The minimum absolute atomic E-state index is 0.169. The van der Waals surface area contributed by atoms with Gasteiger partial charge in [-0.15, -0.1) is 0 Å². The second-order valence-corrected chi connectivity index (χ2v) is 3.52. The molecule has 0 aromatic heterocycles. The topological polar surface area (TPSA) is 52.6 Å². The van der Waals surface area contributed by atoms with E-state index >= 15 is 0 Å². The lowest BCUT2D eigenvalue weighted by Crippen LogP contribution is -2.46. The molecule has 1 aliphatic heterocycles. The minimum Gasteiger partial charge on any atom is -0.393 e. The van der Waals surface area contributed by atoms with Gasteiger partial charge in [-0.2, -0.15) is 0 Å². The van der Waals surface area contributed by atoms with E-state index in [4.69, 9.17) is 5.11 Å². The van der Waals surface area contributed by atoms with E-state index in [2.05, 4.69) is 5.32 Å². The number of rotatable bonds is 3. The van der Waals surface area contributed by atoms with E-state index in [0.29, 0.717) is 12.8 Å². The smallest absolute Gasteiger partial charge is 0.222 e. The van der Waals surface area contributed by atoms with Gasteiger partial charge in [-0.1, -0.05) is 0 Å². The molecule has 1 amide bonds. The molecule has 2 N–H and O–H groups in total. The zero-order valence-electron chi connectivity index (χ0n) is 8.12. The SMILES string of the molecule is C[C@@H](O)CCC(=O)N1CCNCC1. The Labute approximate surface area is 78.9 Å². The molecule has 0 aliphatic carbocycles. The fourth-order valence-corrected chi connectivity index (χ4v) is 1.40. The summed E-state index contributed by atoms with van der Waals surface area (Å²) >= 11 is 0. The van der Waals surface area contributed by atoms with E-state index in [1.54, 1.807) is 6.92 Å². The molecule has 1 atom stereocenters. The highest BCUT2D eigenvalue weighted by atomic mass is 16.3. The highest BCUT2D eigenvalue weighted by Gasteiger charge is 2.15. The van der Waals surface area contributed by atoms with E-state index in [1.807, 2.05) is 4.90 Å². The number of hydrogen-bond acceptors (Lipinski definition) is 3. The minimum atomic E-state index is -0.369. The number of nitrogens with one attached hydrogen (secondary N) is 1. The number of aliphatic hydroxyl groups excluding tert-OH is 1. The van der Waals surface area contributed by atoms with Gasteiger partial charge in [0.25, 0.3) is 0 Å². The Morgan fingerprint density at radius 2 is 2.15 bits per heavy atom. The van der Waals surface area contributed by atoms with E-state index in [-0.39, 0.29) is 12.0 Å². The van der Waals surface area contributed by atoms with Gasteiger partial charge >= 0.3 is 0 Å². The Balaban J connectivity index is 2.21. The first-order valence-electron chi connectivity index (χ1n) is 4.86. The molecule has 4 nitrogen and oxygen atoms in total. The third kappa shape index (κ3) is 3.74. The van der Waals surface area contributed by atoms with Gasteiger partial charge in [-0.25, -0.2) is 0 Å². The number of piperazine rings is 1. The molecule has 0 aromatic carbocycles. The third-order valence-corrected chi connectivity index (χ3v) is 2.25. The molecule has 76 valence electrons. The third-order valence-electron chi connectivity index (χ3n) is 2.25. The van der Waals surface area contributed by atoms with Gasteiger partial charge in [-0.05, 0) is 13.3 Å². The molecule has 1 saturated heterocycles. The van der Waals surface area contributed by atoms with Crippen LogP contribution in [0, 0.1) is 0 Å². The first kappa shape index (κ1) is 10.5. The van der Waals surface area contributed by atoms with E-state index in [1.165, 1.54) is 0 Å². The van der Waals surface area contributed by atoms with Crippen molar-refractivity contribution in [2.45, 2.75) is 25.9 Å². The van der Waals surface area contributed by atoms with Crippen LogP contribution in [0.25, 0.3) is 0 Å². The van der Waals surface area contributed by atoms with E-state index in [9.17, 15) is 4.79 Å². The van der Waals surface area contributed by atoms with Crippen LogP contribution >= 0.6 is 0 Å². The molecule has 1 rings (SSSR count). The van der Waals surface area contributed by atoms with Gasteiger partial charge in [0.05, 0.1) is 6.10 Å². The maximum atomic E-state index is 11.5. The Hall–Kier alpha value is -0.610. The summed E-state index contributed by atoms with van der Waals surface area (Å²) in [6, 6.07) is 0. The second-order valence-electron chi connectivity index (χ2n) is 3.52. The summed E-state index contributed by atoms with van der Waals surface area (Å²) in [7, 11) is 0. The standard InChI is InChI=1S/C9H18N2O2/c1-8(12)2-3-9(13)11-6-4-10-5-7-11/h8,10,12H,2-7H2,1H3/t8-/m1/s1.